The van der Waals surface area contributed by atoms with Crippen molar-refractivity contribution in [1.29, 1.82) is 0 Å². The topological polar surface area (TPSA) is 57.3 Å². The fourth-order valence-electron chi connectivity index (χ4n) is 2.05. The molecule has 22 heavy (non-hydrogen) atoms. The van der Waals surface area contributed by atoms with Crippen molar-refractivity contribution in [2.45, 2.75) is 6.61 Å². The maximum Gasteiger partial charge on any atom is 0.185 e. The Bertz CT molecular complexity index is 807. The van der Waals surface area contributed by atoms with Crippen LogP contribution < -0.4 is 4.74 Å². The van der Waals surface area contributed by atoms with Crippen molar-refractivity contribution in [1.82, 2.24) is 9.78 Å². The van der Waals surface area contributed by atoms with E-state index in [2.05, 4.69) is 5.10 Å². The van der Waals surface area contributed by atoms with Crippen LogP contribution in [0.1, 0.15) is 16.1 Å². The summed E-state index contributed by atoms with van der Waals surface area (Å²) in [5.41, 5.74) is 1.40. The van der Waals surface area contributed by atoms with Crippen LogP contribution in [0.2, 0.25) is 0 Å². The van der Waals surface area contributed by atoms with E-state index in [1.54, 1.807) is 36.3 Å². The lowest BCUT2D eigenvalue weighted by Gasteiger charge is -2.07. The van der Waals surface area contributed by atoms with Gasteiger partial charge in [0.2, 0.25) is 0 Å². The van der Waals surface area contributed by atoms with E-state index in [9.17, 15) is 9.18 Å². The Kier molecular flexibility index (Phi) is 3.74. The van der Waals surface area contributed by atoms with E-state index < -0.39 is 5.82 Å². The minimum atomic E-state index is -0.495. The normalized spacial score (nSPS) is 10.6. The predicted octanol–water partition coefficient (Wildman–Crippen LogP) is 3.21. The fourth-order valence-corrected chi connectivity index (χ4v) is 2.05. The van der Waals surface area contributed by atoms with Gasteiger partial charge in [0, 0.05) is 24.4 Å². The number of halogens is 1. The Hall–Kier alpha value is -2.89. The second-order valence-electron chi connectivity index (χ2n) is 4.78. The molecule has 2 aromatic heterocycles. The van der Waals surface area contributed by atoms with E-state index in [1.165, 1.54) is 18.2 Å². The Morgan fingerprint density at radius 2 is 2.23 bits per heavy atom. The first kappa shape index (κ1) is 14.1. The van der Waals surface area contributed by atoms with Gasteiger partial charge in [0.1, 0.15) is 12.4 Å². The SMILES string of the molecule is Cn1cc(COc2ccc(-c3ccc(C=O)o3)cc2F)cn1. The maximum absolute atomic E-state index is 14.1. The number of carbonyl (C=O) groups excluding carboxylic acids is 1. The minimum Gasteiger partial charge on any atom is -0.486 e. The van der Waals surface area contributed by atoms with Crippen LogP contribution in [0.15, 0.2) is 47.1 Å². The number of aldehydes is 1. The van der Waals surface area contributed by atoms with Gasteiger partial charge < -0.3 is 9.15 Å². The van der Waals surface area contributed by atoms with Crippen molar-refractivity contribution in [2.24, 2.45) is 7.05 Å². The summed E-state index contributed by atoms with van der Waals surface area (Å²) in [6, 6.07) is 7.67. The molecule has 0 unspecified atom stereocenters. The number of hydrogen-bond acceptors (Lipinski definition) is 4. The van der Waals surface area contributed by atoms with Gasteiger partial charge in [-0.1, -0.05) is 0 Å². The number of carbonyl (C=O) groups is 1. The summed E-state index contributed by atoms with van der Waals surface area (Å²) in [5.74, 6) is 0.285. The van der Waals surface area contributed by atoms with Crippen molar-refractivity contribution in [3.05, 3.63) is 59.9 Å². The number of hydrogen-bond donors (Lipinski definition) is 0. The third-order valence-corrected chi connectivity index (χ3v) is 3.11. The highest BCUT2D eigenvalue weighted by Gasteiger charge is 2.10. The van der Waals surface area contributed by atoms with E-state index >= 15 is 0 Å². The van der Waals surface area contributed by atoms with Gasteiger partial charge in [-0.3, -0.25) is 9.48 Å². The van der Waals surface area contributed by atoms with Crippen LogP contribution >= 0.6 is 0 Å². The molecule has 0 aliphatic rings. The number of aryl methyl sites for hydroxylation is 1. The van der Waals surface area contributed by atoms with Crippen molar-refractivity contribution in [2.75, 3.05) is 0 Å². The largest absolute Gasteiger partial charge is 0.486 e. The molecule has 112 valence electrons. The van der Waals surface area contributed by atoms with E-state index in [4.69, 9.17) is 9.15 Å². The number of aromatic nitrogens is 2. The fraction of sp³-hybridized carbons (Fsp3) is 0.125. The van der Waals surface area contributed by atoms with Gasteiger partial charge >= 0.3 is 0 Å². The quantitative estimate of drug-likeness (QED) is 0.679. The molecule has 0 aliphatic carbocycles. The molecule has 0 radical (unpaired) electrons. The molecule has 0 saturated heterocycles. The average Bonchev–Trinajstić information content (AvgIpc) is 3.14. The second-order valence-corrected chi connectivity index (χ2v) is 4.78. The highest BCUT2D eigenvalue weighted by atomic mass is 19.1. The molecule has 0 saturated carbocycles. The Morgan fingerprint density at radius 3 is 2.86 bits per heavy atom. The van der Waals surface area contributed by atoms with Crippen molar-refractivity contribution >= 4 is 6.29 Å². The minimum absolute atomic E-state index is 0.148. The van der Waals surface area contributed by atoms with Crippen molar-refractivity contribution < 1.29 is 18.3 Å². The van der Waals surface area contributed by atoms with Crippen LogP contribution in [0.5, 0.6) is 5.75 Å². The molecule has 3 aromatic rings. The van der Waals surface area contributed by atoms with Gasteiger partial charge in [0.15, 0.2) is 23.6 Å². The van der Waals surface area contributed by atoms with Crippen LogP contribution in [0.3, 0.4) is 0 Å². The highest BCUT2D eigenvalue weighted by molar-refractivity contribution is 5.72. The molecule has 0 N–H and O–H groups in total. The molecule has 6 heteroatoms. The van der Waals surface area contributed by atoms with Crippen LogP contribution in [0.25, 0.3) is 11.3 Å². The third kappa shape index (κ3) is 2.90. The number of furan rings is 1. The van der Waals surface area contributed by atoms with E-state index in [-0.39, 0.29) is 18.1 Å². The summed E-state index contributed by atoms with van der Waals surface area (Å²) in [6.07, 6.45) is 4.07. The number of nitrogens with zero attached hydrogens (tertiary/aromatic N) is 2. The summed E-state index contributed by atoms with van der Waals surface area (Å²) in [6.45, 7) is 0.236. The molecular formula is C16H13FN2O3. The number of ether oxygens (including phenoxy) is 1. The van der Waals surface area contributed by atoms with Crippen LogP contribution in [0.4, 0.5) is 4.39 Å². The molecule has 0 spiro atoms. The highest BCUT2D eigenvalue weighted by Crippen LogP contribution is 2.27. The second kappa shape index (κ2) is 5.85. The lowest BCUT2D eigenvalue weighted by Crippen LogP contribution is -1.96. The van der Waals surface area contributed by atoms with Gasteiger partial charge in [-0.15, -0.1) is 0 Å². The predicted molar refractivity (Wildman–Crippen MR) is 77.0 cm³/mol. The molecular weight excluding hydrogens is 287 g/mol. The molecule has 3 rings (SSSR count). The van der Waals surface area contributed by atoms with E-state index in [1.807, 2.05) is 0 Å². The first-order valence-electron chi connectivity index (χ1n) is 6.61. The van der Waals surface area contributed by atoms with Crippen LogP contribution in [-0.4, -0.2) is 16.1 Å². The molecule has 5 nitrogen and oxygen atoms in total. The molecule has 0 bridgehead atoms. The number of benzene rings is 1. The molecule has 0 amide bonds. The first-order valence-corrected chi connectivity index (χ1v) is 6.61. The van der Waals surface area contributed by atoms with Gasteiger partial charge in [0.25, 0.3) is 0 Å². The summed E-state index contributed by atoms with van der Waals surface area (Å²) >= 11 is 0. The molecule has 0 aliphatic heterocycles. The van der Waals surface area contributed by atoms with Crippen molar-refractivity contribution in [3.63, 3.8) is 0 Å². The zero-order valence-corrected chi connectivity index (χ0v) is 11.8. The Morgan fingerprint density at radius 1 is 1.36 bits per heavy atom. The summed E-state index contributed by atoms with van der Waals surface area (Å²) in [7, 11) is 1.80. The summed E-state index contributed by atoms with van der Waals surface area (Å²) in [5, 5.41) is 4.02. The average molecular weight is 300 g/mol. The summed E-state index contributed by atoms with van der Waals surface area (Å²) < 4.78 is 26.4. The van der Waals surface area contributed by atoms with Gasteiger partial charge in [-0.25, -0.2) is 4.39 Å². The zero-order chi connectivity index (χ0) is 15.5. The molecule has 1 aromatic carbocycles. The Balaban J connectivity index is 1.75. The monoisotopic (exact) mass is 300 g/mol. The van der Waals surface area contributed by atoms with Gasteiger partial charge in [-0.05, 0) is 30.3 Å². The molecule has 2 heterocycles. The molecule has 0 fully saturated rings. The zero-order valence-electron chi connectivity index (χ0n) is 11.8. The van der Waals surface area contributed by atoms with Gasteiger partial charge in [-0.2, -0.15) is 5.10 Å². The molecule has 0 atom stereocenters. The number of rotatable bonds is 5. The Labute approximate surface area is 125 Å². The lowest BCUT2D eigenvalue weighted by molar-refractivity contribution is 0.110. The standard InChI is InChI=1S/C16H13FN2O3/c1-19-8-11(7-18-19)10-21-16-4-2-12(6-14(16)17)15-5-3-13(9-20)22-15/h2-9H,10H2,1H3. The van der Waals surface area contributed by atoms with Crippen LogP contribution in [-0.2, 0) is 13.7 Å². The van der Waals surface area contributed by atoms with Crippen LogP contribution in [0, 0.1) is 5.82 Å². The van der Waals surface area contributed by atoms with Gasteiger partial charge in [0.05, 0.1) is 6.20 Å². The first-order chi connectivity index (χ1) is 10.7. The van der Waals surface area contributed by atoms with Crippen molar-refractivity contribution in [3.8, 4) is 17.1 Å². The van der Waals surface area contributed by atoms with E-state index in [0.29, 0.717) is 17.6 Å². The van der Waals surface area contributed by atoms with E-state index in [0.717, 1.165) is 5.56 Å². The third-order valence-electron chi connectivity index (χ3n) is 3.11. The maximum atomic E-state index is 14.1. The smallest absolute Gasteiger partial charge is 0.185 e. The lowest BCUT2D eigenvalue weighted by atomic mass is 10.1. The summed E-state index contributed by atoms with van der Waals surface area (Å²) in [4.78, 5) is 10.6.